The molecule has 0 bridgehead atoms. The number of rotatable bonds is 1. The van der Waals surface area contributed by atoms with Crippen LogP contribution < -0.4 is 29.6 Å². The van der Waals surface area contributed by atoms with Crippen LogP contribution in [0.3, 0.4) is 0 Å². The first-order valence-electron chi connectivity index (χ1n) is 2.13. The van der Waals surface area contributed by atoms with E-state index in [2.05, 4.69) is 13.2 Å². The van der Waals surface area contributed by atoms with E-state index < -0.39 is 10.1 Å². The summed E-state index contributed by atoms with van der Waals surface area (Å²) >= 11 is 0. The third kappa shape index (κ3) is 38.3. The molecule has 0 aromatic carbocycles. The fourth-order valence-electron chi connectivity index (χ4n) is 0. The molecule has 0 aromatic heterocycles. The maximum atomic E-state index is 9.33. The first kappa shape index (κ1) is 16.9. The zero-order valence-corrected chi connectivity index (χ0v) is 11.0. The molecule has 0 spiro atoms. The van der Waals surface area contributed by atoms with Crippen LogP contribution >= 0.6 is 0 Å². The van der Waals surface area contributed by atoms with E-state index in [1.165, 1.54) is 0 Å². The van der Waals surface area contributed by atoms with E-state index in [1.807, 2.05) is 5.70 Å². The molecule has 6 heteroatoms. The Balaban J connectivity index is -0.000000107. The molecule has 0 amide bonds. The molecule has 0 heterocycles. The minimum absolute atomic E-state index is 0. The van der Waals surface area contributed by atoms with Crippen LogP contribution in [-0.4, -0.2) is 23.2 Å². The quantitative estimate of drug-likeness (QED) is 0.313. The Morgan fingerprint density at radius 2 is 1.50 bits per heavy atom. The third-order valence-corrected chi connectivity index (χ3v) is 0.612. The molecule has 3 nitrogen and oxygen atoms in total. The Morgan fingerprint density at radius 1 is 1.40 bits per heavy atom. The summed E-state index contributed by atoms with van der Waals surface area (Å²) < 4.78 is 28.0. The van der Waals surface area contributed by atoms with Crippen LogP contribution in [0.25, 0.3) is 0 Å². The van der Waals surface area contributed by atoms with E-state index in [4.69, 9.17) is 0 Å². The van der Waals surface area contributed by atoms with Gasteiger partial charge in [-0.15, -0.1) is 12.3 Å². The summed E-state index contributed by atoms with van der Waals surface area (Å²) in [6.07, 6.45) is 0. The molecule has 0 aliphatic heterocycles. The Kier molecular flexibility index (Phi) is 16.3. The van der Waals surface area contributed by atoms with Gasteiger partial charge in [0.05, 0.1) is 0 Å². The average molecular weight is 188 g/mol. The molecule has 0 radical (unpaired) electrons. The van der Waals surface area contributed by atoms with Gasteiger partial charge in [0, 0.05) is 15.7 Å². The minimum Gasteiger partial charge on any atom is -0.745 e. The summed E-state index contributed by atoms with van der Waals surface area (Å²) in [5.74, 6) is 0. The van der Waals surface area contributed by atoms with E-state index in [1.54, 1.807) is 0 Å². The molecule has 54 valence electrons. The van der Waals surface area contributed by atoms with Gasteiger partial charge in [-0.2, -0.15) is 0 Å². The maximum Gasteiger partial charge on any atom is 1.00 e. The van der Waals surface area contributed by atoms with Gasteiger partial charge >= 0.3 is 29.6 Å². The Morgan fingerprint density at radius 3 is 1.50 bits per heavy atom. The molecule has 0 aliphatic carbocycles. The second-order valence-electron chi connectivity index (χ2n) is 1.07. The molecule has 0 N–H and O–H groups in total. The predicted octanol–water partition coefficient (Wildman–Crippen LogP) is -3.83. The Labute approximate surface area is 86.7 Å². The molecule has 0 rings (SSSR count). The molecule has 10 heavy (non-hydrogen) atoms. The minimum atomic E-state index is -4.15. The predicted molar refractivity (Wildman–Crippen MR) is 40.0 cm³/mol. The molecule has 0 aliphatic rings. The van der Waals surface area contributed by atoms with Gasteiger partial charge in [0.25, 0.3) is 0 Å². The summed E-state index contributed by atoms with van der Waals surface area (Å²) in [7, 11) is -3.02. The molecule has 0 fully saturated rings. The van der Waals surface area contributed by atoms with Crippen molar-refractivity contribution in [3.05, 3.63) is 24.3 Å². The van der Waals surface area contributed by atoms with Crippen LogP contribution in [0.1, 0.15) is 0 Å². The first-order chi connectivity index (χ1) is 3.97. The van der Waals surface area contributed by atoms with Gasteiger partial charge in [-0.05, 0) is 0 Å². The van der Waals surface area contributed by atoms with Crippen molar-refractivity contribution >= 4 is 20.4 Å². The van der Waals surface area contributed by atoms with Gasteiger partial charge in [0.15, 0.2) is 0 Å². The van der Waals surface area contributed by atoms with E-state index in [-0.39, 0.29) is 29.6 Å². The van der Waals surface area contributed by atoms with E-state index >= 15 is 0 Å². The van der Waals surface area contributed by atoms with Crippen LogP contribution in [0.4, 0.5) is 0 Å². The van der Waals surface area contributed by atoms with Crippen LogP contribution in [0.2, 0.25) is 0 Å². The summed E-state index contributed by atoms with van der Waals surface area (Å²) in [4.78, 5) is 0. The second kappa shape index (κ2) is 9.61. The van der Waals surface area contributed by atoms with Gasteiger partial charge in [-0.25, -0.2) is 8.42 Å². The third-order valence-electron chi connectivity index (χ3n) is 0.204. The van der Waals surface area contributed by atoms with Gasteiger partial charge in [0.2, 0.25) is 0 Å². The van der Waals surface area contributed by atoms with Crippen LogP contribution in [0.15, 0.2) is 24.3 Å². The standard InChI is InChI=1S/C2H4O3S.C2H6Si.Na/c1-2-6(3,4)5;1-2-3;/h2H,1H2,(H,3,4,5);2H,1H2,3H3;/q;;+1/p-1. The van der Waals surface area contributed by atoms with Crippen LogP contribution in [0, 0.1) is 0 Å². The zero-order valence-electron chi connectivity index (χ0n) is 6.20. The Bertz CT molecular complexity index is 163. The largest absolute Gasteiger partial charge is 1.00 e. The number of hydrogen-bond donors (Lipinski definition) is 0. The normalized spacial score (nSPS) is 8.10. The first-order valence-corrected chi connectivity index (χ1v) is 4.76. The van der Waals surface area contributed by atoms with Crippen molar-refractivity contribution in [3.63, 3.8) is 0 Å². The fourth-order valence-corrected chi connectivity index (χ4v) is 0. The van der Waals surface area contributed by atoms with Crippen LogP contribution in [-0.2, 0) is 10.1 Å². The Hall–Kier alpha value is 0.607. The van der Waals surface area contributed by atoms with Crippen molar-refractivity contribution in [3.8, 4) is 0 Å². The summed E-state index contributed by atoms with van der Waals surface area (Å²) in [6, 6.07) is 0. The van der Waals surface area contributed by atoms with Gasteiger partial charge in [0.1, 0.15) is 10.1 Å². The monoisotopic (exact) mass is 188 g/mol. The van der Waals surface area contributed by atoms with Gasteiger partial charge in [-0.3, -0.25) is 0 Å². The van der Waals surface area contributed by atoms with Crippen LogP contribution in [0.5, 0.6) is 0 Å². The topological polar surface area (TPSA) is 57.2 Å². The molecule has 0 saturated carbocycles. The van der Waals surface area contributed by atoms with Crippen molar-refractivity contribution in [2.45, 2.75) is 0 Å². The second-order valence-corrected chi connectivity index (χ2v) is 3.20. The molecule has 0 aromatic rings. The molecule has 0 saturated heterocycles. The zero-order chi connectivity index (χ0) is 7.91. The van der Waals surface area contributed by atoms with Crippen molar-refractivity contribution < 1.29 is 42.5 Å². The molecule has 0 atom stereocenters. The van der Waals surface area contributed by atoms with Gasteiger partial charge < -0.3 is 4.55 Å². The van der Waals surface area contributed by atoms with Crippen molar-refractivity contribution in [1.29, 1.82) is 0 Å². The summed E-state index contributed by atoms with van der Waals surface area (Å²) in [6.45, 7) is 6.15. The van der Waals surface area contributed by atoms with E-state index in [9.17, 15) is 13.0 Å². The van der Waals surface area contributed by atoms with E-state index in [0.717, 1.165) is 10.2 Å². The molecular formula is C4H9NaO3SSi. The SMILES string of the molecule is C=CS(=O)(=O)[O-].C=C[SiH3].[Na+]. The fraction of sp³-hybridized carbons (Fsp3) is 0. The smallest absolute Gasteiger partial charge is 0.745 e. The maximum absolute atomic E-state index is 9.33. The van der Waals surface area contributed by atoms with Crippen molar-refractivity contribution in [2.24, 2.45) is 0 Å². The number of hydrogen-bond acceptors (Lipinski definition) is 3. The molecular weight excluding hydrogens is 179 g/mol. The summed E-state index contributed by atoms with van der Waals surface area (Å²) in [5.41, 5.74) is 1.89. The summed E-state index contributed by atoms with van der Waals surface area (Å²) in [5, 5.41) is 0.354. The van der Waals surface area contributed by atoms with Gasteiger partial charge in [-0.1, -0.05) is 6.58 Å². The van der Waals surface area contributed by atoms with Crippen molar-refractivity contribution in [1.82, 2.24) is 0 Å². The van der Waals surface area contributed by atoms with Crippen molar-refractivity contribution in [2.75, 3.05) is 0 Å². The molecule has 0 unspecified atom stereocenters. The van der Waals surface area contributed by atoms with E-state index in [0.29, 0.717) is 5.41 Å². The average Bonchev–Trinajstić information content (AvgIpc) is 1.67.